The van der Waals surface area contributed by atoms with Gasteiger partial charge < -0.3 is 11.1 Å². The molecular weight excluding hydrogens is 192 g/mol. The highest BCUT2D eigenvalue weighted by atomic mass is 16.1. The van der Waals surface area contributed by atoms with Crippen LogP contribution in [0, 0.1) is 0 Å². The fraction of sp³-hybridized carbons (Fsp3) is 0.600. The van der Waals surface area contributed by atoms with Crippen LogP contribution in [0.3, 0.4) is 0 Å². The second-order valence-electron chi connectivity index (χ2n) is 4.38. The molecule has 5 heteroatoms. The molecule has 1 amide bonds. The summed E-state index contributed by atoms with van der Waals surface area (Å²) < 4.78 is 1.62. The van der Waals surface area contributed by atoms with E-state index in [0.29, 0.717) is 18.7 Å². The van der Waals surface area contributed by atoms with Gasteiger partial charge in [-0.05, 0) is 20.3 Å². The van der Waals surface area contributed by atoms with E-state index < -0.39 is 0 Å². The fourth-order valence-electron chi connectivity index (χ4n) is 1.14. The Hall–Kier alpha value is -1.36. The lowest BCUT2D eigenvalue weighted by Crippen LogP contribution is -2.33. The van der Waals surface area contributed by atoms with Crippen molar-refractivity contribution in [2.24, 2.45) is 12.8 Å². The molecule has 3 N–H and O–H groups in total. The lowest BCUT2D eigenvalue weighted by atomic mass is 10.00. The Morgan fingerprint density at radius 1 is 1.67 bits per heavy atom. The number of carbonyl (C=O) groups excluding carboxylic acids is 1. The molecule has 0 saturated carbocycles. The van der Waals surface area contributed by atoms with Crippen LogP contribution in [0.25, 0.3) is 0 Å². The van der Waals surface area contributed by atoms with Crippen LogP contribution in [0.5, 0.6) is 0 Å². The number of hydrogen-bond acceptors (Lipinski definition) is 3. The van der Waals surface area contributed by atoms with Crippen molar-refractivity contribution >= 4 is 11.7 Å². The van der Waals surface area contributed by atoms with Gasteiger partial charge in [-0.1, -0.05) is 0 Å². The van der Waals surface area contributed by atoms with Crippen LogP contribution in [-0.2, 0) is 11.8 Å². The van der Waals surface area contributed by atoms with Crippen molar-refractivity contribution in [3.05, 3.63) is 12.3 Å². The molecule has 0 atom stereocenters. The first-order valence-electron chi connectivity index (χ1n) is 4.95. The molecule has 0 aliphatic rings. The molecule has 0 aromatic carbocycles. The van der Waals surface area contributed by atoms with Gasteiger partial charge in [0.05, 0.1) is 6.20 Å². The second kappa shape index (κ2) is 4.44. The first-order valence-corrected chi connectivity index (χ1v) is 4.95. The average Bonchev–Trinajstić information content (AvgIpc) is 2.47. The summed E-state index contributed by atoms with van der Waals surface area (Å²) in [5, 5.41) is 6.72. The third-order valence-electron chi connectivity index (χ3n) is 2.08. The molecule has 1 aromatic rings. The number of amides is 1. The van der Waals surface area contributed by atoms with Crippen molar-refractivity contribution < 1.29 is 4.79 Å². The Morgan fingerprint density at radius 2 is 2.33 bits per heavy atom. The summed E-state index contributed by atoms with van der Waals surface area (Å²) in [7, 11) is 1.78. The molecule has 1 rings (SSSR count). The number of carbonyl (C=O) groups is 1. The zero-order chi connectivity index (χ0) is 11.5. The van der Waals surface area contributed by atoms with Crippen LogP contribution in [0.4, 0.5) is 5.82 Å². The predicted octanol–water partition coefficient (Wildman–Crippen LogP) is 0.876. The summed E-state index contributed by atoms with van der Waals surface area (Å²) >= 11 is 0. The van der Waals surface area contributed by atoms with E-state index in [2.05, 4.69) is 10.4 Å². The van der Waals surface area contributed by atoms with E-state index in [1.54, 1.807) is 24.0 Å². The number of aryl methyl sites for hydroxylation is 1. The predicted molar refractivity (Wildman–Crippen MR) is 59.3 cm³/mol. The smallest absolute Gasteiger partial charge is 0.225 e. The Labute approximate surface area is 89.6 Å². The van der Waals surface area contributed by atoms with Gasteiger partial charge in [0.2, 0.25) is 5.91 Å². The minimum Gasteiger partial charge on any atom is -0.326 e. The minimum absolute atomic E-state index is 0.0304. The molecule has 0 unspecified atom stereocenters. The lowest BCUT2D eigenvalue weighted by molar-refractivity contribution is -0.116. The van der Waals surface area contributed by atoms with Crippen molar-refractivity contribution in [3.63, 3.8) is 0 Å². The second-order valence-corrected chi connectivity index (χ2v) is 4.38. The first kappa shape index (κ1) is 11.7. The van der Waals surface area contributed by atoms with Gasteiger partial charge in [-0.2, -0.15) is 5.10 Å². The topological polar surface area (TPSA) is 72.9 Å². The number of aromatic nitrogens is 2. The number of rotatable bonds is 4. The van der Waals surface area contributed by atoms with Gasteiger partial charge in [0, 0.05) is 25.1 Å². The number of nitrogens with zero attached hydrogens (tertiary/aromatic N) is 2. The van der Waals surface area contributed by atoms with Crippen molar-refractivity contribution in [3.8, 4) is 0 Å². The van der Waals surface area contributed by atoms with Crippen molar-refractivity contribution in [1.29, 1.82) is 0 Å². The normalized spacial score (nSPS) is 11.5. The molecular formula is C10H18N4O. The molecule has 0 aliphatic heterocycles. The van der Waals surface area contributed by atoms with Gasteiger partial charge in [0.25, 0.3) is 0 Å². The van der Waals surface area contributed by atoms with Gasteiger partial charge in [-0.15, -0.1) is 0 Å². The summed E-state index contributed by atoms with van der Waals surface area (Å²) in [5.74, 6) is 0.673. The lowest BCUT2D eigenvalue weighted by Gasteiger charge is -2.17. The maximum absolute atomic E-state index is 11.5. The third-order valence-corrected chi connectivity index (χ3v) is 2.08. The molecule has 0 radical (unpaired) electrons. The third kappa shape index (κ3) is 4.12. The molecule has 1 heterocycles. The number of anilines is 1. The van der Waals surface area contributed by atoms with Gasteiger partial charge in [0.15, 0.2) is 0 Å². The van der Waals surface area contributed by atoms with Crippen LogP contribution in [-0.4, -0.2) is 21.2 Å². The maximum atomic E-state index is 11.5. The van der Waals surface area contributed by atoms with Crippen LogP contribution < -0.4 is 11.1 Å². The van der Waals surface area contributed by atoms with E-state index in [-0.39, 0.29) is 11.4 Å². The zero-order valence-electron chi connectivity index (χ0n) is 9.45. The number of hydrogen-bond donors (Lipinski definition) is 2. The van der Waals surface area contributed by atoms with Gasteiger partial charge in [0.1, 0.15) is 5.82 Å². The Balaban J connectivity index is 2.41. The van der Waals surface area contributed by atoms with Crippen LogP contribution in [0.1, 0.15) is 26.7 Å². The monoisotopic (exact) mass is 210 g/mol. The van der Waals surface area contributed by atoms with Crippen molar-refractivity contribution in [2.75, 3.05) is 5.32 Å². The maximum Gasteiger partial charge on any atom is 0.225 e. The molecule has 1 aromatic heterocycles. The summed E-state index contributed by atoms with van der Waals surface area (Å²) in [4.78, 5) is 11.5. The van der Waals surface area contributed by atoms with Gasteiger partial charge >= 0.3 is 0 Å². The summed E-state index contributed by atoms with van der Waals surface area (Å²) in [6, 6.07) is 1.76. The van der Waals surface area contributed by atoms with Gasteiger partial charge in [-0.3, -0.25) is 9.48 Å². The standard InChI is InChI=1S/C10H18N4O/c1-10(2,11)6-4-9(15)13-8-5-7-12-14(8)3/h5,7H,4,6,11H2,1-3H3,(H,13,15). The molecule has 0 saturated heterocycles. The number of nitrogens with two attached hydrogens (primary N) is 1. The summed E-state index contributed by atoms with van der Waals surface area (Å²) in [6.45, 7) is 3.81. The van der Waals surface area contributed by atoms with Crippen LogP contribution in [0.2, 0.25) is 0 Å². The highest BCUT2D eigenvalue weighted by molar-refractivity contribution is 5.89. The summed E-state index contributed by atoms with van der Waals surface area (Å²) in [5.41, 5.74) is 5.49. The van der Waals surface area contributed by atoms with E-state index in [1.807, 2.05) is 13.8 Å². The highest BCUT2D eigenvalue weighted by Crippen LogP contribution is 2.09. The van der Waals surface area contributed by atoms with Crippen molar-refractivity contribution in [1.82, 2.24) is 9.78 Å². The highest BCUT2D eigenvalue weighted by Gasteiger charge is 2.13. The zero-order valence-corrected chi connectivity index (χ0v) is 9.45. The van der Waals surface area contributed by atoms with E-state index >= 15 is 0 Å². The molecule has 5 nitrogen and oxygen atoms in total. The molecule has 15 heavy (non-hydrogen) atoms. The van der Waals surface area contributed by atoms with E-state index in [9.17, 15) is 4.79 Å². The fourth-order valence-corrected chi connectivity index (χ4v) is 1.14. The number of nitrogens with one attached hydrogen (secondary N) is 1. The van der Waals surface area contributed by atoms with E-state index in [0.717, 1.165) is 0 Å². The molecule has 0 bridgehead atoms. The minimum atomic E-state index is -0.302. The Bertz CT molecular complexity index is 337. The molecule has 84 valence electrons. The van der Waals surface area contributed by atoms with Crippen molar-refractivity contribution in [2.45, 2.75) is 32.2 Å². The largest absolute Gasteiger partial charge is 0.326 e. The first-order chi connectivity index (χ1) is 6.88. The van der Waals surface area contributed by atoms with Crippen LogP contribution in [0.15, 0.2) is 12.3 Å². The van der Waals surface area contributed by atoms with Crippen LogP contribution >= 0.6 is 0 Å². The molecule has 0 aliphatic carbocycles. The SMILES string of the molecule is Cn1nccc1NC(=O)CCC(C)(C)N. The van der Waals surface area contributed by atoms with Gasteiger partial charge in [-0.25, -0.2) is 0 Å². The quantitative estimate of drug-likeness (QED) is 0.774. The molecule has 0 fully saturated rings. The average molecular weight is 210 g/mol. The summed E-state index contributed by atoms with van der Waals surface area (Å²) in [6.07, 6.45) is 2.73. The van der Waals surface area contributed by atoms with E-state index in [4.69, 9.17) is 5.73 Å². The molecule has 0 spiro atoms. The Morgan fingerprint density at radius 3 is 2.80 bits per heavy atom. The Kier molecular flexibility index (Phi) is 3.47. The van der Waals surface area contributed by atoms with E-state index in [1.165, 1.54) is 0 Å².